The lowest BCUT2D eigenvalue weighted by atomic mass is 10.1. The summed E-state index contributed by atoms with van der Waals surface area (Å²) in [5, 5.41) is 12.0. The monoisotopic (exact) mass is 303 g/mol. The number of aromatic nitrogens is 4. The highest BCUT2D eigenvalue weighted by Gasteiger charge is 2.07. The van der Waals surface area contributed by atoms with E-state index in [1.807, 2.05) is 31.6 Å². The molecule has 2 heterocycles. The number of fused-ring (bicyclic) bond motifs is 1. The molecule has 0 saturated heterocycles. The molecule has 5 nitrogen and oxygen atoms in total. The third-order valence-electron chi connectivity index (χ3n) is 3.90. The zero-order chi connectivity index (χ0) is 15.6. The lowest BCUT2D eigenvalue weighted by Crippen LogP contribution is -1.98. The Morgan fingerprint density at radius 1 is 1.17 bits per heavy atom. The number of benzene rings is 2. The zero-order valence-corrected chi connectivity index (χ0v) is 12.8. The highest BCUT2D eigenvalue weighted by molar-refractivity contribution is 5.95. The molecule has 4 aromatic rings. The molecule has 23 heavy (non-hydrogen) atoms. The van der Waals surface area contributed by atoms with Crippen LogP contribution in [0.4, 0.5) is 11.4 Å². The van der Waals surface area contributed by atoms with Crippen LogP contribution in [-0.4, -0.2) is 19.7 Å². The Morgan fingerprint density at radius 3 is 2.96 bits per heavy atom. The number of nitrogens with zero attached hydrogens (tertiary/aromatic N) is 3. The van der Waals surface area contributed by atoms with Gasteiger partial charge in [-0.15, -0.1) is 0 Å². The molecular formula is C18H17N5. The smallest absolute Gasteiger partial charge is 0.0949 e. The van der Waals surface area contributed by atoms with Crippen molar-refractivity contribution in [1.82, 2.24) is 19.7 Å². The molecule has 4 rings (SSSR count). The van der Waals surface area contributed by atoms with Gasteiger partial charge < -0.3 is 9.88 Å². The Labute approximate surface area is 134 Å². The van der Waals surface area contributed by atoms with Gasteiger partial charge in [-0.3, -0.25) is 5.10 Å². The van der Waals surface area contributed by atoms with Crippen molar-refractivity contribution in [3.05, 3.63) is 72.4 Å². The molecule has 5 heteroatoms. The number of aromatic amines is 1. The number of hydrogen-bond acceptors (Lipinski definition) is 3. The first kappa shape index (κ1) is 13.6. The van der Waals surface area contributed by atoms with Crippen molar-refractivity contribution in [2.75, 3.05) is 5.32 Å². The summed E-state index contributed by atoms with van der Waals surface area (Å²) in [5.74, 6) is 0. The van der Waals surface area contributed by atoms with E-state index in [-0.39, 0.29) is 0 Å². The van der Waals surface area contributed by atoms with Crippen molar-refractivity contribution in [2.24, 2.45) is 0 Å². The van der Waals surface area contributed by atoms with Crippen LogP contribution in [-0.2, 0) is 6.54 Å². The third kappa shape index (κ3) is 2.68. The van der Waals surface area contributed by atoms with E-state index in [4.69, 9.17) is 0 Å². The highest BCUT2D eigenvalue weighted by Crippen LogP contribution is 2.28. The second kappa shape index (κ2) is 5.61. The Balaban J connectivity index is 1.64. The minimum atomic E-state index is 0.810. The molecule has 2 N–H and O–H groups in total. The van der Waals surface area contributed by atoms with Crippen LogP contribution in [0.2, 0.25) is 0 Å². The van der Waals surface area contributed by atoms with E-state index < -0.39 is 0 Å². The fourth-order valence-corrected chi connectivity index (χ4v) is 2.83. The van der Waals surface area contributed by atoms with E-state index in [1.54, 1.807) is 6.20 Å². The van der Waals surface area contributed by atoms with Crippen LogP contribution in [0.25, 0.3) is 10.9 Å². The molecule has 0 fully saturated rings. The highest BCUT2D eigenvalue weighted by atomic mass is 15.1. The number of nitrogens with one attached hydrogen (secondary N) is 2. The Bertz CT molecular complexity index is 937. The normalized spacial score (nSPS) is 11.0. The summed E-state index contributed by atoms with van der Waals surface area (Å²) >= 11 is 0. The number of imidazole rings is 1. The van der Waals surface area contributed by atoms with Crippen molar-refractivity contribution < 1.29 is 0 Å². The number of aryl methyl sites for hydroxylation is 1. The van der Waals surface area contributed by atoms with Gasteiger partial charge in [-0.25, -0.2) is 4.98 Å². The second-order valence-electron chi connectivity index (χ2n) is 5.60. The molecule has 2 aromatic heterocycles. The number of hydrogen-bond donors (Lipinski definition) is 2. The summed E-state index contributed by atoms with van der Waals surface area (Å²) in [6, 6.07) is 14.6. The van der Waals surface area contributed by atoms with Gasteiger partial charge in [-0.2, -0.15) is 5.10 Å². The topological polar surface area (TPSA) is 58.5 Å². The van der Waals surface area contributed by atoms with E-state index in [2.05, 4.69) is 55.4 Å². The fraction of sp³-hybridized carbons (Fsp3) is 0.111. The van der Waals surface area contributed by atoms with Crippen molar-refractivity contribution in [3.63, 3.8) is 0 Å². The van der Waals surface area contributed by atoms with Gasteiger partial charge >= 0.3 is 0 Å². The molecule has 2 aromatic carbocycles. The van der Waals surface area contributed by atoms with Crippen LogP contribution in [0.1, 0.15) is 11.3 Å². The summed E-state index contributed by atoms with van der Waals surface area (Å²) in [6.07, 6.45) is 5.59. The lowest BCUT2D eigenvalue weighted by molar-refractivity contribution is 0.798. The second-order valence-corrected chi connectivity index (χ2v) is 5.60. The standard InChI is InChI=1S/C18H17N5/c1-13-18-16(6-3-7-17(18)22-21-13)20-15-5-2-4-14(10-15)11-23-9-8-19-12-23/h2-10,12,20H,11H2,1H3,(H,21,22). The lowest BCUT2D eigenvalue weighted by Gasteiger charge is -2.10. The SMILES string of the molecule is Cc1n[nH]c2cccc(Nc3cccc(Cn4ccnc4)c3)c12. The molecule has 0 atom stereocenters. The molecule has 0 radical (unpaired) electrons. The van der Waals surface area contributed by atoms with E-state index >= 15 is 0 Å². The fourth-order valence-electron chi connectivity index (χ4n) is 2.83. The van der Waals surface area contributed by atoms with Gasteiger partial charge in [0.15, 0.2) is 0 Å². The van der Waals surface area contributed by atoms with E-state index in [0.717, 1.165) is 34.5 Å². The molecule has 0 spiro atoms. The minimum absolute atomic E-state index is 0.810. The van der Waals surface area contributed by atoms with Crippen molar-refractivity contribution in [1.29, 1.82) is 0 Å². The molecular weight excluding hydrogens is 286 g/mol. The van der Waals surface area contributed by atoms with Gasteiger partial charge in [0.1, 0.15) is 0 Å². The first-order chi connectivity index (χ1) is 11.3. The molecule has 0 amide bonds. The first-order valence-electron chi connectivity index (χ1n) is 7.55. The predicted molar refractivity (Wildman–Crippen MR) is 91.9 cm³/mol. The van der Waals surface area contributed by atoms with Gasteiger partial charge in [0.25, 0.3) is 0 Å². The molecule has 0 unspecified atom stereocenters. The summed E-state index contributed by atoms with van der Waals surface area (Å²) < 4.78 is 2.06. The van der Waals surface area contributed by atoms with E-state index in [1.165, 1.54) is 5.56 Å². The van der Waals surface area contributed by atoms with Gasteiger partial charge in [0, 0.05) is 35.7 Å². The van der Waals surface area contributed by atoms with Crippen LogP contribution in [0, 0.1) is 6.92 Å². The van der Waals surface area contributed by atoms with Gasteiger partial charge in [-0.1, -0.05) is 18.2 Å². The Morgan fingerprint density at radius 2 is 2.09 bits per heavy atom. The van der Waals surface area contributed by atoms with Gasteiger partial charge in [0.2, 0.25) is 0 Å². The molecule has 0 aliphatic rings. The third-order valence-corrected chi connectivity index (χ3v) is 3.90. The van der Waals surface area contributed by atoms with Gasteiger partial charge in [0.05, 0.1) is 17.5 Å². The van der Waals surface area contributed by atoms with Crippen LogP contribution in [0.5, 0.6) is 0 Å². The first-order valence-corrected chi connectivity index (χ1v) is 7.55. The quantitative estimate of drug-likeness (QED) is 0.602. The van der Waals surface area contributed by atoms with E-state index in [9.17, 15) is 0 Å². The molecule has 0 saturated carbocycles. The number of anilines is 2. The summed E-state index contributed by atoms with van der Waals surface area (Å²) in [5.41, 5.74) is 5.40. The summed E-state index contributed by atoms with van der Waals surface area (Å²) in [6.45, 7) is 2.82. The minimum Gasteiger partial charge on any atom is -0.355 e. The molecule has 114 valence electrons. The van der Waals surface area contributed by atoms with Crippen molar-refractivity contribution >= 4 is 22.3 Å². The van der Waals surface area contributed by atoms with Gasteiger partial charge in [-0.05, 0) is 36.8 Å². The number of rotatable bonds is 4. The largest absolute Gasteiger partial charge is 0.355 e. The Kier molecular flexibility index (Phi) is 3.31. The molecule has 0 aliphatic carbocycles. The maximum Gasteiger partial charge on any atom is 0.0949 e. The number of H-pyrrole nitrogens is 1. The maximum atomic E-state index is 4.29. The van der Waals surface area contributed by atoms with Crippen LogP contribution in [0.3, 0.4) is 0 Å². The molecule has 0 aliphatic heterocycles. The average Bonchev–Trinajstić information content (AvgIpc) is 3.19. The summed E-state index contributed by atoms with van der Waals surface area (Å²) in [4.78, 5) is 4.08. The molecule has 0 bridgehead atoms. The van der Waals surface area contributed by atoms with Crippen LogP contribution in [0.15, 0.2) is 61.2 Å². The predicted octanol–water partition coefficient (Wildman–Crippen LogP) is 3.86. The van der Waals surface area contributed by atoms with Crippen molar-refractivity contribution in [3.8, 4) is 0 Å². The van der Waals surface area contributed by atoms with E-state index in [0.29, 0.717) is 0 Å². The maximum absolute atomic E-state index is 4.29. The average molecular weight is 303 g/mol. The van der Waals surface area contributed by atoms with Crippen LogP contribution < -0.4 is 5.32 Å². The van der Waals surface area contributed by atoms with Crippen LogP contribution >= 0.6 is 0 Å². The zero-order valence-electron chi connectivity index (χ0n) is 12.8. The Hall–Kier alpha value is -3.08. The summed E-state index contributed by atoms with van der Waals surface area (Å²) in [7, 11) is 0. The van der Waals surface area contributed by atoms with Crippen molar-refractivity contribution in [2.45, 2.75) is 13.5 Å².